The van der Waals surface area contributed by atoms with Crippen LogP contribution in [0.1, 0.15) is 25.7 Å². The Bertz CT molecular complexity index is 543. The molecule has 1 fully saturated rings. The van der Waals surface area contributed by atoms with Crippen molar-refractivity contribution in [2.45, 2.75) is 31.7 Å². The molecule has 6 heteroatoms. The van der Waals surface area contributed by atoms with Crippen molar-refractivity contribution in [3.8, 4) is 0 Å². The van der Waals surface area contributed by atoms with Crippen LogP contribution < -0.4 is 10.6 Å². The van der Waals surface area contributed by atoms with Gasteiger partial charge in [0.05, 0.1) is 0 Å². The summed E-state index contributed by atoms with van der Waals surface area (Å²) < 4.78 is 1.71. The van der Waals surface area contributed by atoms with Crippen LogP contribution in [-0.4, -0.2) is 39.4 Å². The van der Waals surface area contributed by atoms with E-state index < -0.39 is 0 Å². The van der Waals surface area contributed by atoms with E-state index in [0.29, 0.717) is 6.04 Å². The highest BCUT2D eigenvalue weighted by atomic mass is 15.4. The Morgan fingerprint density at radius 2 is 2.11 bits per heavy atom. The normalized spacial score (nSPS) is 23.7. The third kappa shape index (κ3) is 2.68. The third-order valence-electron chi connectivity index (χ3n) is 3.96. The van der Waals surface area contributed by atoms with Crippen LogP contribution in [0.4, 0.5) is 5.82 Å². The van der Waals surface area contributed by atoms with Gasteiger partial charge in [-0.2, -0.15) is 4.52 Å². The second-order valence-electron chi connectivity index (χ2n) is 5.49. The fraction of sp³-hybridized carbons (Fsp3) is 0.615. The van der Waals surface area contributed by atoms with Gasteiger partial charge in [0.1, 0.15) is 12.1 Å². The molecule has 1 aliphatic rings. The van der Waals surface area contributed by atoms with Crippen molar-refractivity contribution >= 4 is 11.5 Å². The third-order valence-corrected chi connectivity index (χ3v) is 3.96. The Kier molecular flexibility index (Phi) is 3.33. The van der Waals surface area contributed by atoms with Crippen molar-refractivity contribution < 1.29 is 0 Å². The minimum Gasteiger partial charge on any atom is -0.358 e. The van der Waals surface area contributed by atoms with E-state index in [4.69, 9.17) is 5.73 Å². The Balaban J connectivity index is 1.67. The van der Waals surface area contributed by atoms with Crippen molar-refractivity contribution in [1.82, 2.24) is 19.8 Å². The van der Waals surface area contributed by atoms with E-state index in [-0.39, 0.29) is 0 Å². The molecule has 19 heavy (non-hydrogen) atoms. The predicted molar refractivity (Wildman–Crippen MR) is 74.0 cm³/mol. The molecule has 1 saturated carbocycles. The standard InChI is InChI=1S/C13H20N6/c1-18(8-10-2-4-11(14)5-3-10)13-7-6-12-16-15-9-19(12)17-13/h6-7,9-11H,2-5,8,14H2,1H3. The molecule has 2 heterocycles. The number of fused-ring (bicyclic) bond motifs is 1. The number of hydrogen-bond donors (Lipinski definition) is 1. The summed E-state index contributed by atoms with van der Waals surface area (Å²) in [7, 11) is 2.09. The first-order chi connectivity index (χ1) is 9.22. The first-order valence-corrected chi connectivity index (χ1v) is 6.86. The molecule has 1 aliphatic carbocycles. The molecule has 2 N–H and O–H groups in total. The molecule has 0 saturated heterocycles. The highest BCUT2D eigenvalue weighted by molar-refractivity contribution is 5.44. The van der Waals surface area contributed by atoms with Crippen molar-refractivity contribution in [3.05, 3.63) is 18.5 Å². The topological polar surface area (TPSA) is 72.3 Å². The van der Waals surface area contributed by atoms with Crippen molar-refractivity contribution in [3.63, 3.8) is 0 Å². The molecule has 2 aromatic heterocycles. The SMILES string of the molecule is CN(CC1CCC(N)CC1)c1ccc2nncn2n1. The monoisotopic (exact) mass is 260 g/mol. The summed E-state index contributed by atoms with van der Waals surface area (Å²) >= 11 is 0. The van der Waals surface area contributed by atoms with Crippen molar-refractivity contribution in [2.24, 2.45) is 11.7 Å². The predicted octanol–water partition coefficient (Wildman–Crippen LogP) is 1.08. The van der Waals surface area contributed by atoms with Gasteiger partial charge in [-0.05, 0) is 43.7 Å². The van der Waals surface area contributed by atoms with Gasteiger partial charge in [-0.25, -0.2) is 0 Å². The van der Waals surface area contributed by atoms with Gasteiger partial charge in [0, 0.05) is 19.6 Å². The lowest BCUT2D eigenvalue weighted by Crippen LogP contribution is -2.33. The number of anilines is 1. The lowest BCUT2D eigenvalue weighted by atomic mass is 9.86. The van der Waals surface area contributed by atoms with E-state index in [2.05, 4.69) is 27.2 Å². The summed E-state index contributed by atoms with van der Waals surface area (Å²) in [5.41, 5.74) is 6.72. The number of nitrogens with zero attached hydrogens (tertiary/aromatic N) is 5. The number of nitrogens with two attached hydrogens (primary N) is 1. The molecule has 6 nitrogen and oxygen atoms in total. The van der Waals surface area contributed by atoms with Gasteiger partial charge in [0.15, 0.2) is 5.65 Å². The molecule has 0 unspecified atom stereocenters. The van der Waals surface area contributed by atoms with Crippen LogP contribution in [0.2, 0.25) is 0 Å². The number of hydrogen-bond acceptors (Lipinski definition) is 5. The van der Waals surface area contributed by atoms with Gasteiger partial charge in [-0.3, -0.25) is 0 Å². The van der Waals surface area contributed by atoms with E-state index >= 15 is 0 Å². The van der Waals surface area contributed by atoms with E-state index in [1.54, 1.807) is 10.8 Å². The molecule has 2 aromatic rings. The Morgan fingerprint density at radius 1 is 1.32 bits per heavy atom. The van der Waals surface area contributed by atoms with Crippen molar-refractivity contribution in [2.75, 3.05) is 18.5 Å². The summed E-state index contributed by atoms with van der Waals surface area (Å²) in [5, 5.41) is 12.3. The first-order valence-electron chi connectivity index (χ1n) is 6.86. The van der Waals surface area contributed by atoms with Gasteiger partial charge in [0.25, 0.3) is 0 Å². The lowest BCUT2D eigenvalue weighted by molar-refractivity contribution is 0.329. The second kappa shape index (κ2) is 5.13. The largest absolute Gasteiger partial charge is 0.358 e. The molecular formula is C13H20N6. The maximum Gasteiger partial charge on any atom is 0.177 e. The summed E-state index contributed by atoms with van der Waals surface area (Å²) in [4.78, 5) is 2.21. The van der Waals surface area contributed by atoms with Crippen LogP contribution in [0.15, 0.2) is 18.5 Å². The molecule has 0 amide bonds. The van der Waals surface area contributed by atoms with Gasteiger partial charge in [0.2, 0.25) is 0 Å². The summed E-state index contributed by atoms with van der Waals surface area (Å²) in [5.74, 6) is 1.69. The van der Waals surface area contributed by atoms with Crippen molar-refractivity contribution in [1.29, 1.82) is 0 Å². The highest BCUT2D eigenvalue weighted by Gasteiger charge is 2.20. The summed E-state index contributed by atoms with van der Waals surface area (Å²) in [6, 6.07) is 4.36. The average molecular weight is 260 g/mol. The molecular weight excluding hydrogens is 240 g/mol. The summed E-state index contributed by atoms with van der Waals surface area (Å²) in [6.45, 7) is 1.04. The Morgan fingerprint density at radius 3 is 2.89 bits per heavy atom. The average Bonchev–Trinajstić information content (AvgIpc) is 2.88. The molecule has 0 bridgehead atoms. The molecule has 0 aromatic carbocycles. The molecule has 0 aliphatic heterocycles. The molecule has 0 radical (unpaired) electrons. The Hall–Kier alpha value is -1.69. The zero-order valence-corrected chi connectivity index (χ0v) is 11.2. The first kappa shape index (κ1) is 12.3. The van der Waals surface area contributed by atoms with Crippen LogP contribution >= 0.6 is 0 Å². The van der Waals surface area contributed by atoms with Crippen LogP contribution in [-0.2, 0) is 0 Å². The maximum atomic E-state index is 5.95. The quantitative estimate of drug-likeness (QED) is 0.894. The smallest absolute Gasteiger partial charge is 0.177 e. The van der Waals surface area contributed by atoms with Gasteiger partial charge < -0.3 is 10.6 Å². The van der Waals surface area contributed by atoms with Crippen LogP contribution in [0, 0.1) is 5.92 Å². The number of aromatic nitrogens is 4. The molecule has 102 valence electrons. The lowest BCUT2D eigenvalue weighted by Gasteiger charge is -2.30. The van der Waals surface area contributed by atoms with E-state index in [0.717, 1.165) is 36.8 Å². The molecule has 0 atom stereocenters. The van der Waals surface area contributed by atoms with E-state index in [9.17, 15) is 0 Å². The van der Waals surface area contributed by atoms with E-state index in [1.165, 1.54) is 12.8 Å². The minimum absolute atomic E-state index is 0.410. The fourth-order valence-corrected chi connectivity index (χ4v) is 2.77. The molecule has 3 rings (SSSR count). The van der Waals surface area contributed by atoms with E-state index in [1.807, 2.05) is 12.1 Å². The summed E-state index contributed by atoms with van der Waals surface area (Å²) in [6.07, 6.45) is 6.37. The van der Waals surface area contributed by atoms with Crippen LogP contribution in [0.25, 0.3) is 5.65 Å². The van der Waals surface area contributed by atoms with Crippen LogP contribution in [0.3, 0.4) is 0 Å². The van der Waals surface area contributed by atoms with Gasteiger partial charge in [-0.1, -0.05) is 0 Å². The fourth-order valence-electron chi connectivity index (χ4n) is 2.77. The maximum absolute atomic E-state index is 5.95. The van der Waals surface area contributed by atoms with Gasteiger partial charge in [-0.15, -0.1) is 15.3 Å². The van der Waals surface area contributed by atoms with Crippen LogP contribution in [0.5, 0.6) is 0 Å². The zero-order chi connectivity index (χ0) is 13.2. The minimum atomic E-state index is 0.410. The number of rotatable bonds is 3. The second-order valence-corrected chi connectivity index (χ2v) is 5.49. The highest BCUT2D eigenvalue weighted by Crippen LogP contribution is 2.24. The Labute approximate surface area is 112 Å². The molecule has 0 spiro atoms. The zero-order valence-electron chi connectivity index (χ0n) is 11.2. The van der Waals surface area contributed by atoms with Gasteiger partial charge >= 0.3 is 0 Å².